The highest BCUT2D eigenvalue weighted by atomic mass is 16.5. The number of hydrogen-bond donors (Lipinski definition) is 0. The summed E-state index contributed by atoms with van der Waals surface area (Å²) in [7, 11) is 1.40. The van der Waals surface area contributed by atoms with E-state index in [1.54, 1.807) is 0 Å². The third-order valence-corrected chi connectivity index (χ3v) is 3.15. The molecule has 1 heterocycles. The van der Waals surface area contributed by atoms with Crippen LogP contribution in [0.1, 0.15) is 16.1 Å². The van der Waals surface area contributed by atoms with E-state index in [1.807, 2.05) is 49.4 Å². The normalized spacial score (nSPS) is 10.2. The minimum Gasteiger partial charge on any atom is -0.465 e. The lowest BCUT2D eigenvalue weighted by atomic mass is 10.1. The molecule has 1 aromatic heterocycles. The van der Waals surface area contributed by atoms with Crippen molar-refractivity contribution in [1.82, 2.24) is 4.57 Å². The number of esters is 1. The zero-order valence-corrected chi connectivity index (χ0v) is 11.2. The maximum absolute atomic E-state index is 11.8. The van der Waals surface area contributed by atoms with Crippen molar-refractivity contribution in [2.24, 2.45) is 0 Å². The van der Waals surface area contributed by atoms with Crippen molar-refractivity contribution in [2.45, 2.75) is 13.5 Å². The number of ether oxygens (including phenoxy) is 1. The number of allylic oxidation sites excluding steroid dienone is 1. The average Bonchev–Trinajstić information content (AvgIpc) is 2.77. The smallest absolute Gasteiger partial charge is 0.339 e. The Morgan fingerprint density at radius 1 is 1.37 bits per heavy atom. The Morgan fingerprint density at radius 3 is 2.63 bits per heavy atom. The van der Waals surface area contributed by atoms with Gasteiger partial charge in [-0.2, -0.15) is 0 Å². The lowest BCUT2D eigenvalue weighted by Crippen LogP contribution is -2.05. The van der Waals surface area contributed by atoms with Crippen LogP contribution in [0.25, 0.3) is 11.3 Å². The van der Waals surface area contributed by atoms with E-state index in [0.717, 1.165) is 17.0 Å². The Morgan fingerprint density at radius 2 is 2.05 bits per heavy atom. The zero-order chi connectivity index (χ0) is 13.8. The molecule has 0 N–H and O–H groups in total. The molecular formula is C16H17NO2. The molecule has 3 heteroatoms. The summed E-state index contributed by atoms with van der Waals surface area (Å²) in [4.78, 5) is 11.8. The zero-order valence-electron chi connectivity index (χ0n) is 11.2. The first-order valence-electron chi connectivity index (χ1n) is 6.13. The summed E-state index contributed by atoms with van der Waals surface area (Å²) in [6.45, 7) is 6.35. The molecule has 0 aliphatic carbocycles. The number of rotatable bonds is 4. The van der Waals surface area contributed by atoms with Crippen molar-refractivity contribution >= 4 is 5.97 Å². The number of benzene rings is 1. The molecule has 19 heavy (non-hydrogen) atoms. The summed E-state index contributed by atoms with van der Waals surface area (Å²) in [5, 5.41) is 0. The van der Waals surface area contributed by atoms with Crippen LogP contribution in [-0.4, -0.2) is 17.6 Å². The Hall–Kier alpha value is -2.29. The Balaban J connectivity index is 2.59. The standard InChI is InChI=1S/C16H17NO2/c1-4-10-17-12(2)14(16(18)19-3)11-15(17)13-8-6-5-7-9-13/h4-9,11H,1,10H2,2-3H3. The Kier molecular flexibility index (Phi) is 3.85. The van der Waals surface area contributed by atoms with Crippen LogP contribution in [0.5, 0.6) is 0 Å². The van der Waals surface area contributed by atoms with Gasteiger partial charge in [-0.15, -0.1) is 6.58 Å². The van der Waals surface area contributed by atoms with Crippen LogP contribution in [0.3, 0.4) is 0 Å². The predicted octanol–water partition coefficient (Wildman–Crippen LogP) is 3.44. The van der Waals surface area contributed by atoms with Gasteiger partial charge in [-0.1, -0.05) is 36.4 Å². The summed E-state index contributed by atoms with van der Waals surface area (Å²) in [5.41, 5.74) is 3.56. The average molecular weight is 255 g/mol. The van der Waals surface area contributed by atoms with Crippen molar-refractivity contribution in [3.8, 4) is 11.3 Å². The molecule has 0 unspecified atom stereocenters. The fraction of sp³-hybridized carbons (Fsp3) is 0.188. The summed E-state index contributed by atoms with van der Waals surface area (Å²) in [6, 6.07) is 11.9. The van der Waals surface area contributed by atoms with Crippen LogP contribution < -0.4 is 0 Å². The SMILES string of the molecule is C=CCn1c(-c2ccccc2)cc(C(=O)OC)c1C. The summed E-state index contributed by atoms with van der Waals surface area (Å²) in [5.74, 6) is -0.308. The van der Waals surface area contributed by atoms with Crippen molar-refractivity contribution < 1.29 is 9.53 Å². The highest BCUT2D eigenvalue weighted by Crippen LogP contribution is 2.26. The quantitative estimate of drug-likeness (QED) is 0.619. The maximum Gasteiger partial charge on any atom is 0.339 e. The number of nitrogens with zero attached hydrogens (tertiary/aromatic N) is 1. The van der Waals surface area contributed by atoms with Crippen LogP contribution in [0.4, 0.5) is 0 Å². The maximum atomic E-state index is 11.8. The number of methoxy groups -OCH3 is 1. The summed E-state index contributed by atoms with van der Waals surface area (Å²) >= 11 is 0. The van der Waals surface area contributed by atoms with E-state index in [-0.39, 0.29) is 5.97 Å². The van der Waals surface area contributed by atoms with Gasteiger partial charge in [-0.3, -0.25) is 0 Å². The predicted molar refractivity (Wildman–Crippen MR) is 76.1 cm³/mol. The molecule has 0 spiro atoms. The third-order valence-electron chi connectivity index (χ3n) is 3.15. The van der Waals surface area contributed by atoms with Gasteiger partial charge >= 0.3 is 5.97 Å². The number of carbonyl (C=O) groups is 1. The first-order valence-corrected chi connectivity index (χ1v) is 6.13. The molecule has 1 aromatic carbocycles. The van der Waals surface area contributed by atoms with E-state index >= 15 is 0 Å². The lowest BCUT2D eigenvalue weighted by molar-refractivity contribution is 0.0600. The van der Waals surface area contributed by atoms with E-state index in [4.69, 9.17) is 4.74 Å². The highest BCUT2D eigenvalue weighted by Gasteiger charge is 2.17. The van der Waals surface area contributed by atoms with Gasteiger partial charge in [0.25, 0.3) is 0 Å². The fourth-order valence-corrected chi connectivity index (χ4v) is 2.17. The van der Waals surface area contributed by atoms with Crippen LogP contribution in [0.15, 0.2) is 49.1 Å². The molecule has 0 radical (unpaired) electrons. The topological polar surface area (TPSA) is 31.2 Å². The Labute approximate surface area is 113 Å². The molecule has 0 amide bonds. The van der Waals surface area contributed by atoms with Crippen molar-refractivity contribution in [2.75, 3.05) is 7.11 Å². The molecule has 2 rings (SSSR count). The molecule has 2 aromatic rings. The summed E-state index contributed by atoms with van der Waals surface area (Å²) < 4.78 is 6.89. The summed E-state index contributed by atoms with van der Waals surface area (Å²) in [6.07, 6.45) is 1.82. The first-order chi connectivity index (χ1) is 9.19. The van der Waals surface area contributed by atoms with E-state index in [9.17, 15) is 4.79 Å². The van der Waals surface area contributed by atoms with Gasteiger partial charge in [0.15, 0.2) is 0 Å². The van der Waals surface area contributed by atoms with Crippen LogP contribution in [0.2, 0.25) is 0 Å². The molecule has 98 valence electrons. The molecule has 0 atom stereocenters. The van der Waals surface area contributed by atoms with Gasteiger partial charge in [0.2, 0.25) is 0 Å². The van der Waals surface area contributed by atoms with Gasteiger partial charge in [-0.25, -0.2) is 4.79 Å². The van der Waals surface area contributed by atoms with Gasteiger partial charge < -0.3 is 9.30 Å². The molecular weight excluding hydrogens is 238 g/mol. The Bertz CT molecular complexity index is 597. The van der Waals surface area contributed by atoms with Crippen molar-refractivity contribution in [3.05, 3.63) is 60.3 Å². The van der Waals surface area contributed by atoms with Gasteiger partial charge in [0.05, 0.1) is 12.7 Å². The minimum atomic E-state index is -0.308. The van der Waals surface area contributed by atoms with Gasteiger partial charge in [0, 0.05) is 17.9 Å². The monoisotopic (exact) mass is 255 g/mol. The fourth-order valence-electron chi connectivity index (χ4n) is 2.17. The lowest BCUT2D eigenvalue weighted by Gasteiger charge is -2.09. The van der Waals surface area contributed by atoms with E-state index in [2.05, 4.69) is 11.1 Å². The number of hydrogen-bond acceptors (Lipinski definition) is 2. The molecule has 0 aliphatic rings. The van der Waals surface area contributed by atoms with Crippen molar-refractivity contribution in [3.63, 3.8) is 0 Å². The third kappa shape index (κ3) is 2.45. The second-order valence-electron chi connectivity index (χ2n) is 4.29. The van der Waals surface area contributed by atoms with Crippen molar-refractivity contribution in [1.29, 1.82) is 0 Å². The van der Waals surface area contributed by atoms with Gasteiger partial charge in [-0.05, 0) is 18.6 Å². The second-order valence-corrected chi connectivity index (χ2v) is 4.29. The van der Waals surface area contributed by atoms with E-state index < -0.39 is 0 Å². The molecule has 0 saturated heterocycles. The van der Waals surface area contributed by atoms with E-state index in [1.165, 1.54) is 7.11 Å². The largest absolute Gasteiger partial charge is 0.465 e. The van der Waals surface area contributed by atoms with E-state index in [0.29, 0.717) is 12.1 Å². The van der Waals surface area contributed by atoms with Crippen LogP contribution >= 0.6 is 0 Å². The van der Waals surface area contributed by atoms with Crippen LogP contribution in [0, 0.1) is 6.92 Å². The minimum absolute atomic E-state index is 0.308. The first kappa shape index (κ1) is 13.1. The number of carbonyl (C=O) groups excluding carboxylic acids is 1. The van der Waals surface area contributed by atoms with Crippen LogP contribution in [-0.2, 0) is 11.3 Å². The second kappa shape index (κ2) is 5.57. The molecule has 0 bridgehead atoms. The molecule has 0 saturated carbocycles. The number of aromatic nitrogens is 1. The molecule has 3 nitrogen and oxygen atoms in total. The van der Waals surface area contributed by atoms with Gasteiger partial charge in [0.1, 0.15) is 0 Å². The molecule has 0 aliphatic heterocycles. The highest BCUT2D eigenvalue weighted by molar-refractivity contribution is 5.92. The molecule has 0 fully saturated rings.